The van der Waals surface area contributed by atoms with Gasteiger partial charge in [0.15, 0.2) is 0 Å². The standard InChI is InChI=1S/C14H16O3/c1-3-17-14(16)6-4-5-12-7-11(2)8-13(9-12)10-15/h4-5,7-10H,3,6H2,1-2H3. The van der Waals surface area contributed by atoms with Crippen molar-refractivity contribution in [3.8, 4) is 0 Å². The van der Waals surface area contributed by atoms with Crippen molar-refractivity contribution in [2.75, 3.05) is 6.61 Å². The van der Waals surface area contributed by atoms with Gasteiger partial charge >= 0.3 is 5.97 Å². The third kappa shape index (κ3) is 4.64. The minimum atomic E-state index is -0.244. The number of esters is 1. The zero-order chi connectivity index (χ0) is 12.7. The summed E-state index contributed by atoms with van der Waals surface area (Å²) in [6, 6.07) is 5.55. The molecule has 1 aromatic rings. The Labute approximate surface area is 101 Å². The lowest BCUT2D eigenvalue weighted by molar-refractivity contribution is -0.142. The van der Waals surface area contributed by atoms with Crippen LogP contribution in [0.3, 0.4) is 0 Å². The van der Waals surface area contributed by atoms with E-state index >= 15 is 0 Å². The number of ether oxygens (including phenoxy) is 1. The van der Waals surface area contributed by atoms with E-state index in [0.717, 1.165) is 17.4 Å². The van der Waals surface area contributed by atoms with Gasteiger partial charge in [-0.3, -0.25) is 9.59 Å². The van der Waals surface area contributed by atoms with Gasteiger partial charge in [-0.15, -0.1) is 0 Å². The maximum Gasteiger partial charge on any atom is 0.309 e. The van der Waals surface area contributed by atoms with E-state index in [2.05, 4.69) is 0 Å². The molecule has 0 unspecified atom stereocenters. The first-order valence-corrected chi connectivity index (χ1v) is 5.54. The molecule has 0 heterocycles. The Hall–Kier alpha value is -1.90. The minimum absolute atomic E-state index is 0.244. The quantitative estimate of drug-likeness (QED) is 0.579. The van der Waals surface area contributed by atoms with E-state index in [4.69, 9.17) is 4.74 Å². The van der Waals surface area contributed by atoms with E-state index in [0.29, 0.717) is 12.2 Å². The maximum atomic E-state index is 11.1. The van der Waals surface area contributed by atoms with E-state index in [1.54, 1.807) is 19.1 Å². The van der Waals surface area contributed by atoms with Gasteiger partial charge in [-0.05, 0) is 37.1 Å². The van der Waals surface area contributed by atoms with Crippen molar-refractivity contribution in [2.45, 2.75) is 20.3 Å². The number of hydrogen-bond donors (Lipinski definition) is 0. The molecule has 0 fully saturated rings. The number of carbonyl (C=O) groups is 2. The third-order valence-corrected chi connectivity index (χ3v) is 2.16. The Morgan fingerprint density at radius 1 is 1.29 bits per heavy atom. The van der Waals surface area contributed by atoms with Gasteiger partial charge in [0.25, 0.3) is 0 Å². The monoisotopic (exact) mass is 232 g/mol. The summed E-state index contributed by atoms with van der Waals surface area (Å²) in [5, 5.41) is 0. The molecular formula is C14H16O3. The molecule has 0 saturated carbocycles. The summed E-state index contributed by atoms with van der Waals surface area (Å²) < 4.78 is 4.80. The molecule has 17 heavy (non-hydrogen) atoms. The van der Waals surface area contributed by atoms with Crippen molar-refractivity contribution < 1.29 is 14.3 Å². The number of aryl methyl sites for hydroxylation is 1. The third-order valence-electron chi connectivity index (χ3n) is 2.16. The molecule has 0 aromatic heterocycles. The summed E-state index contributed by atoms with van der Waals surface area (Å²) in [7, 11) is 0. The molecule has 1 aromatic carbocycles. The van der Waals surface area contributed by atoms with Gasteiger partial charge in [-0.1, -0.05) is 18.2 Å². The average Bonchev–Trinajstić information content (AvgIpc) is 2.28. The van der Waals surface area contributed by atoms with E-state index < -0.39 is 0 Å². The minimum Gasteiger partial charge on any atom is -0.466 e. The fourth-order valence-corrected chi connectivity index (χ4v) is 1.52. The van der Waals surface area contributed by atoms with Crippen molar-refractivity contribution in [3.63, 3.8) is 0 Å². The second kappa shape index (κ2) is 6.63. The van der Waals surface area contributed by atoms with Crippen LogP contribution >= 0.6 is 0 Å². The van der Waals surface area contributed by atoms with Crippen LogP contribution in [-0.2, 0) is 9.53 Å². The van der Waals surface area contributed by atoms with Crippen LogP contribution in [0, 0.1) is 6.92 Å². The molecule has 0 saturated heterocycles. The lowest BCUT2D eigenvalue weighted by Gasteiger charge is -1.99. The Kier molecular flexibility index (Phi) is 5.14. The van der Waals surface area contributed by atoms with E-state index in [1.807, 2.05) is 25.1 Å². The van der Waals surface area contributed by atoms with Crippen LogP contribution in [0.25, 0.3) is 6.08 Å². The zero-order valence-corrected chi connectivity index (χ0v) is 10.1. The zero-order valence-electron chi connectivity index (χ0n) is 10.1. The van der Waals surface area contributed by atoms with Crippen LogP contribution in [0.2, 0.25) is 0 Å². The van der Waals surface area contributed by atoms with Crippen LogP contribution in [0.15, 0.2) is 24.3 Å². The highest BCUT2D eigenvalue weighted by Gasteiger charge is 1.98. The van der Waals surface area contributed by atoms with Gasteiger partial charge in [-0.2, -0.15) is 0 Å². The first-order chi connectivity index (χ1) is 8.15. The average molecular weight is 232 g/mol. The van der Waals surface area contributed by atoms with Gasteiger partial charge in [-0.25, -0.2) is 0 Å². The van der Waals surface area contributed by atoms with E-state index in [9.17, 15) is 9.59 Å². The largest absolute Gasteiger partial charge is 0.466 e. The van der Waals surface area contributed by atoms with Gasteiger partial charge < -0.3 is 4.74 Å². The molecule has 0 atom stereocenters. The highest BCUT2D eigenvalue weighted by Crippen LogP contribution is 2.10. The Morgan fingerprint density at radius 3 is 2.65 bits per heavy atom. The normalized spacial score (nSPS) is 10.5. The summed E-state index contributed by atoms with van der Waals surface area (Å²) in [6.45, 7) is 4.10. The summed E-state index contributed by atoms with van der Waals surface area (Å²) >= 11 is 0. The van der Waals surface area contributed by atoms with Crippen LogP contribution in [-0.4, -0.2) is 18.9 Å². The van der Waals surface area contributed by atoms with Crippen LogP contribution < -0.4 is 0 Å². The molecule has 0 bridgehead atoms. The Morgan fingerprint density at radius 2 is 2.00 bits per heavy atom. The second-order valence-corrected chi connectivity index (χ2v) is 3.71. The van der Waals surface area contributed by atoms with Crippen LogP contribution in [0.1, 0.15) is 34.8 Å². The number of carbonyl (C=O) groups excluding carboxylic acids is 2. The van der Waals surface area contributed by atoms with Crippen LogP contribution in [0.4, 0.5) is 0 Å². The van der Waals surface area contributed by atoms with Gasteiger partial charge in [0.1, 0.15) is 6.29 Å². The van der Waals surface area contributed by atoms with Crippen molar-refractivity contribution in [1.29, 1.82) is 0 Å². The van der Waals surface area contributed by atoms with Crippen molar-refractivity contribution in [2.24, 2.45) is 0 Å². The molecule has 0 aliphatic heterocycles. The molecule has 0 radical (unpaired) electrons. The molecule has 3 nitrogen and oxygen atoms in total. The predicted molar refractivity (Wildman–Crippen MR) is 66.9 cm³/mol. The topological polar surface area (TPSA) is 43.4 Å². The Balaban J connectivity index is 2.67. The predicted octanol–water partition coefficient (Wildman–Crippen LogP) is 2.77. The van der Waals surface area contributed by atoms with E-state index in [1.165, 1.54) is 0 Å². The molecule has 0 amide bonds. The smallest absolute Gasteiger partial charge is 0.309 e. The highest BCUT2D eigenvalue weighted by molar-refractivity contribution is 5.77. The van der Waals surface area contributed by atoms with Crippen LogP contribution in [0.5, 0.6) is 0 Å². The number of benzene rings is 1. The fourth-order valence-electron chi connectivity index (χ4n) is 1.52. The van der Waals surface area contributed by atoms with Crippen molar-refractivity contribution >= 4 is 18.3 Å². The summed E-state index contributed by atoms with van der Waals surface area (Å²) in [5.74, 6) is -0.244. The molecule has 0 spiro atoms. The second-order valence-electron chi connectivity index (χ2n) is 3.71. The molecule has 0 aliphatic carbocycles. The number of rotatable bonds is 5. The molecule has 1 rings (SSSR count). The molecule has 3 heteroatoms. The SMILES string of the molecule is CCOC(=O)CC=Cc1cc(C)cc(C=O)c1. The molecule has 90 valence electrons. The first-order valence-electron chi connectivity index (χ1n) is 5.54. The molecule has 0 aliphatic rings. The first kappa shape index (κ1) is 13.2. The summed E-state index contributed by atoms with van der Waals surface area (Å²) in [5.41, 5.74) is 2.57. The van der Waals surface area contributed by atoms with Crippen molar-refractivity contribution in [1.82, 2.24) is 0 Å². The maximum absolute atomic E-state index is 11.1. The van der Waals surface area contributed by atoms with Gasteiger partial charge in [0, 0.05) is 5.56 Å². The Bertz CT molecular complexity index is 433. The molecule has 0 N–H and O–H groups in total. The lowest BCUT2D eigenvalue weighted by atomic mass is 10.1. The summed E-state index contributed by atoms with van der Waals surface area (Å²) in [6.07, 6.45) is 4.62. The number of hydrogen-bond acceptors (Lipinski definition) is 3. The van der Waals surface area contributed by atoms with Gasteiger partial charge in [0.05, 0.1) is 13.0 Å². The van der Waals surface area contributed by atoms with E-state index in [-0.39, 0.29) is 12.4 Å². The van der Waals surface area contributed by atoms with Gasteiger partial charge in [0.2, 0.25) is 0 Å². The number of aldehydes is 1. The molecular weight excluding hydrogens is 216 g/mol. The highest BCUT2D eigenvalue weighted by atomic mass is 16.5. The summed E-state index contributed by atoms with van der Waals surface area (Å²) in [4.78, 5) is 21.8. The fraction of sp³-hybridized carbons (Fsp3) is 0.286. The van der Waals surface area contributed by atoms with Crippen molar-refractivity contribution in [3.05, 3.63) is 41.0 Å². The lowest BCUT2D eigenvalue weighted by Crippen LogP contribution is -2.01.